The SMILES string of the molecule is CCCCCCCC(C)(CCCCCCC)C(C)CCCC. The first-order valence-corrected chi connectivity index (χ1v) is 10.6. The predicted molar refractivity (Wildman–Crippen MR) is 104 cm³/mol. The van der Waals surface area contributed by atoms with Gasteiger partial charge in [0.25, 0.3) is 0 Å². The molecule has 0 saturated carbocycles. The van der Waals surface area contributed by atoms with Crippen molar-refractivity contribution in [3.63, 3.8) is 0 Å². The molecule has 1 unspecified atom stereocenters. The quantitative estimate of drug-likeness (QED) is 0.250. The van der Waals surface area contributed by atoms with E-state index in [2.05, 4.69) is 34.6 Å². The monoisotopic (exact) mass is 310 g/mol. The van der Waals surface area contributed by atoms with Crippen molar-refractivity contribution in [2.24, 2.45) is 11.3 Å². The van der Waals surface area contributed by atoms with Crippen LogP contribution in [0.1, 0.15) is 131 Å². The number of hydrogen-bond acceptors (Lipinski definition) is 0. The van der Waals surface area contributed by atoms with E-state index in [1.165, 1.54) is 96.3 Å². The van der Waals surface area contributed by atoms with Crippen LogP contribution in [0.3, 0.4) is 0 Å². The Morgan fingerprint density at radius 3 is 1.41 bits per heavy atom. The highest BCUT2D eigenvalue weighted by molar-refractivity contribution is 4.80. The van der Waals surface area contributed by atoms with E-state index in [-0.39, 0.29) is 0 Å². The third-order valence-corrected chi connectivity index (χ3v) is 5.88. The lowest BCUT2D eigenvalue weighted by atomic mass is 9.69. The van der Waals surface area contributed by atoms with Gasteiger partial charge in [-0.25, -0.2) is 0 Å². The fraction of sp³-hybridized carbons (Fsp3) is 1.00. The molecule has 0 nitrogen and oxygen atoms in total. The lowest BCUT2D eigenvalue weighted by Gasteiger charge is -2.36. The molecule has 0 aromatic rings. The minimum Gasteiger partial charge on any atom is -0.0654 e. The zero-order valence-corrected chi connectivity index (χ0v) is 16.7. The standard InChI is InChI=1S/C22H46/c1-6-9-12-14-16-19-22(5,21(4)18-11-8-3)20-17-15-13-10-7-2/h21H,6-20H2,1-5H3. The first-order chi connectivity index (χ1) is 10.6. The molecule has 22 heavy (non-hydrogen) atoms. The second-order valence-corrected chi connectivity index (χ2v) is 8.03. The summed E-state index contributed by atoms with van der Waals surface area (Å²) < 4.78 is 0. The van der Waals surface area contributed by atoms with Crippen LogP contribution < -0.4 is 0 Å². The van der Waals surface area contributed by atoms with Gasteiger partial charge < -0.3 is 0 Å². The van der Waals surface area contributed by atoms with E-state index in [1.807, 2.05) is 0 Å². The van der Waals surface area contributed by atoms with Crippen LogP contribution in [0, 0.1) is 11.3 Å². The molecule has 0 bridgehead atoms. The van der Waals surface area contributed by atoms with Gasteiger partial charge in [0.2, 0.25) is 0 Å². The molecule has 1 atom stereocenters. The molecule has 0 aliphatic carbocycles. The van der Waals surface area contributed by atoms with E-state index in [0.717, 1.165) is 5.92 Å². The Morgan fingerprint density at radius 1 is 0.591 bits per heavy atom. The molecule has 0 heteroatoms. The van der Waals surface area contributed by atoms with E-state index in [9.17, 15) is 0 Å². The molecule has 0 radical (unpaired) electrons. The van der Waals surface area contributed by atoms with Gasteiger partial charge in [0.1, 0.15) is 0 Å². The maximum atomic E-state index is 2.60. The maximum absolute atomic E-state index is 2.60. The summed E-state index contributed by atoms with van der Waals surface area (Å²) in [4.78, 5) is 0. The van der Waals surface area contributed by atoms with Gasteiger partial charge in [-0.05, 0) is 24.2 Å². The lowest BCUT2D eigenvalue weighted by Crippen LogP contribution is -2.25. The Kier molecular flexibility index (Phi) is 14.6. The van der Waals surface area contributed by atoms with Crippen molar-refractivity contribution >= 4 is 0 Å². The molecule has 0 fully saturated rings. The second kappa shape index (κ2) is 14.6. The summed E-state index contributed by atoms with van der Waals surface area (Å²) in [5.41, 5.74) is 0.605. The molecular weight excluding hydrogens is 264 g/mol. The van der Waals surface area contributed by atoms with Crippen molar-refractivity contribution in [2.45, 2.75) is 131 Å². The summed E-state index contributed by atoms with van der Waals surface area (Å²) >= 11 is 0. The van der Waals surface area contributed by atoms with Crippen LogP contribution in [-0.4, -0.2) is 0 Å². The van der Waals surface area contributed by atoms with Crippen molar-refractivity contribution in [1.29, 1.82) is 0 Å². The normalized spacial score (nSPS) is 13.5. The summed E-state index contributed by atoms with van der Waals surface area (Å²) in [6.45, 7) is 12.1. The smallest absolute Gasteiger partial charge is 0.0300 e. The van der Waals surface area contributed by atoms with Crippen LogP contribution in [0.4, 0.5) is 0 Å². The highest BCUT2D eigenvalue weighted by Crippen LogP contribution is 2.41. The van der Waals surface area contributed by atoms with Crippen LogP contribution in [-0.2, 0) is 0 Å². The van der Waals surface area contributed by atoms with Crippen LogP contribution >= 0.6 is 0 Å². The van der Waals surface area contributed by atoms with Crippen molar-refractivity contribution < 1.29 is 0 Å². The molecule has 134 valence electrons. The van der Waals surface area contributed by atoms with Crippen LogP contribution in [0.25, 0.3) is 0 Å². The molecule has 0 amide bonds. The van der Waals surface area contributed by atoms with Crippen molar-refractivity contribution in [3.8, 4) is 0 Å². The van der Waals surface area contributed by atoms with Gasteiger partial charge in [-0.1, -0.05) is 118 Å². The van der Waals surface area contributed by atoms with Gasteiger partial charge in [-0.3, -0.25) is 0 Å². The number of unbranched alkanes of at least 4 members (excludes halogenated alkanes) is 9. The van der Waals surface area contributed by atoms with Crippen LogP contribution in [0.5, 0.6) is 0 Å². The predicted octanol–water partition coefficient (Wildman–Crippen LogP) is 8.54. The summed E-state index contributed by atoms with van der Waals surface area (Å²) in [5.74, 6) is 0.907. The summed E-state index contributed by atoms with van der Waals surface area (Å²) in [6.07, 6.45) is 21.5. The van der Waals surface area contributed by atoms with Crippen molar-refractivity contribution in [1.82, 2.24) is 0 Å². The summed E-state index contributed by atoms with van der Waals surface area (Å²) in [5, 5.41) is 0. The van der Waals surface area contributed by atoms with E-state index < -0.39 is 0 Å². The Hall–Kier alpha value is 0. The van der Waals surface area contributed by atoms with Gasteiger partial charge in [0, 0.05) is 0 Å². The molecule has 0 spiro atoms. The Bertz CT molecular complexity index is 204. The molecule has 0 aromatic heterocycles. The van der Waals surface area contributed by atoms with Crippen molar-refractivity contribution in [2.75, 3.05) is 0 Å². The largest absolute Gasteiger partial charge is 0.0654 e. The average Bonchev–Trinajstić information content (AvgIpc) is 2.52. The fourth-order valence-corrected chi connectivity index (χ4v) is 3.74. The van der Waals surface area contributed by atoms with Gasteiger partial charge in [-0.15, -0.1) is 0 Å². The summed E-state index contributed by atoms with van der Waals surface area (Å²) in [7, 11) is 0. The van der Waals surface area contributed by atoms with Crippen LogP contribution in [0.15, 0.2) is 0 Å². The topological polar surface area (TPSA) is 0 Å². The minimum absolute atomic E-state index is 0.605. The van der Waals surface area contributed by atoms with E-state index in [1.54, 1.807) is 0 Å². The van der Waals surface area contributed by atoms with Crippen molar-refractivity contribution in [3.05, 3.63) is 0 Å². The average molecular weight is 311 g/mol. The lowest BCUT2D eigenvalue weighted by molar-refractivity contribution is 0.144. The van der Waals surface area contributed by atoms with Gasteiger partial charge >= 0.3 is 0 Å². The second-order valence-electron chi connectivity index (χ2n) is 8.03. The molecular formula is C22H46. The molecule has 0 rings (SSSR count). The van der Waals surface area contributed by atoms with Crippen LogP contribution in [0.2, 0.25) is 0 Å². The third kappa shape index (κ3) is 10.7. The Labute approximate surface area is 142 Å². The molecule has 0 aliphatic heterocycles. The first-order valence-electron chi connectivity index (χ1n) is 10.6. The highest BCUT2D eigenvalue weighted by atomic mass is 14.3. The zero-order valence-electron chi connectivity index (χ0n) is 16.7. The first kappa shape index (κ1) is 22.0. The summed E-state index contributed by atoms with van der Waals surface area (Å²) in [6, 6.07) is 0. The minimum atomic E-state index is 0.605. The number of rotatable bonds is 16. The van der Waals surface area contributed by atoms with E-state index in [0.29, 0.717) is 5.41 Å². The molecule has 0 aromatic carbocycles. The molecule has 0 saturated heterocycles. The Morgan fingerprint density at radius 2 is 1.00 bits per heavy atom. The van der Waals surface area contributed by atoms with E-state index >= 15 is 0 Å². The fourth-order valence-electron chi connectivity index (χ4n) is 3.74. The zero-order chi connectivity index (χ0) is 16.7. The molecule has 0 heterocycles. The van der Waals surface area contributed by atoms with Gasteiger partial charge in [-0.2, -0.15) is 0 Å². The molecule has 0 aliphatic rings. The van der Waals surface area contributed by atoms with Gasteiger partial charge in [0.05, 0.1) is 0 Å². The Balaban J connectivity index is 4.21. The van der Waals surface area contributed by atoms with Gasteiger partial charge in [0.15, 0.2) is 0 Å². The number of hydrogen-bond donors (Lipinski definition) is 0. The maximum Gasteiger partial charge on any atom is -0.0300 e. The highest BCUT2D eigenvalue weighted by Gasteiger charge is 2.29. The third-order valence-electron chi connectivity index (χ3n) is 5.88. The molecule has 0 N–H and O–H groups in total. The van der Waals surface area contributed by atoms with E-state index in [4.69, 9.17) is 0 Å².